The van der Waals surface area contributed by atoms with Gasteiger partial charge in [-0.2, -0.15) is 0 Å². The van der Waals surface area contributed by atoms with Gasteiger partial charge in [-0.15, -0.1) is 0 Å². The lowest BCUT2D eigenvalue weighted by Crippen LogP contribution is -2.29. The lowest BCUT2D eigenvalue weighted by Gasteiger charge is -2.21. The molecule has 0 spiro atoms. The third-order valence-electron chi connectivity index (χ3n) is 6.57. The van der Waals surface area contributed by atoms with E-state index >= 15 is 0 Å². The molecule has 26 heavy (non-hydrogen) atoms. The molecular weight excluding hydrogens is 328 g/mol. The highest BCUT2D eigenvalue weighted by atomic mass is 28.3. The van der Waals surface area contributed by atoms with Gasteiger partial charge in [-0.05, 0) is 5.92 Å². The average molecular weight is 373 g/mol. The maximum absolute atomic E-state index is 2.43. The molecule has 0 saturated heterocycles. The molecule has 0 amide bonds. The smallest absolute Gasteiger partial charge is 0.0654 e. The first-order chi connectivity index (χ1) is 12.9. The van der Waals surface area contributed by atoms with Gasteiger partial charge in [0.1, 0.15) is 0 Å². The number of benzene rings is 1. The zero-order valence-corrected chi connectivity index (χ0v) is 18.7. The SMILES string of the molecule is CCCCCCCC[SiH](CCCCCC1CCCCC1)c1ccccc1. The van der Waals surface area contributed by atoms with E-state index in [1.54, 1.807) is 17.3 Å². The van der Waals surface area contributed by atoms with E-state index in [2.05, 4.69) is 37.3 Å². The molecule has 1 aromatic carbocycles. The molecule has 0 aliphatic heterocycles. The van der Waals surface area contributed by atoms with Crippen LogP contribution in [0.1, 0.15) is 103 Å². The van der Waals surface area contributed by atoms with Crippen LogP contribution in [0.4, 0.5) is 0 Å². The van der Waals surface area contributed by atoms with E-state index in [0.717, 1.165) is 5.92 Å². The van der Waals surface area contributed by atoms with Gasteiger partial charge in [0.15, 0.2) is 0 Å². The predicted molar refractivity (Wildman–Crippen MR) is 121 cm³/mol. The minimum absolute atomic E-state index is 0.728. The third-order valence-corrected chi connectivity index (χ3v) is 10.1. The first-order valence-electron chi connectivity index (χ1n) is 11.9. The summed E-state index contributed by atoms with van der Waals surface area (Å²) < 4.78 is 0. The maximum Gasteiger partial charge on any atom is 0.0708 e. The fraction of sp³-hybridized carbons (Fsp3) is 0.760. The van der Waals surface area contributed by atoms with Crippen LogP contribution >= 0.6 is 0 Å². The van der Waals surface area contributed by atoms with Crippen LogP contribution < -0.4 is 5.19 Å². The second kappa shape index (κ2) is 14.5. The van der Waals surface area contributed by atoms with Crippen LogP contribution in [0.15, 0.2) is 30.3 Å². The van der Waals surface area contributed by atoms with E-state index in [1.165, 1.54) is 96.3 Å². The Bertz CT molecular complexity index is 421. The van der Waals surface area contributed by atoms with Crippen molar-refractivity contribution in [2.45, 2.75) is 115 Å². The molecule has 1 heteroatoms. The molecule has 1 fully saturated rings. The van der Waals surface area contributed by atoms with Crippen LogP contribution in [0, 0.1) is 5.92 Å². The van der Waals surface area contributed by atoms with Gasteiger partial charge in [-0.3, -0.25) is 0 Å². The van der Waals surface area contributed by atoms with E-state index in [0.29, 0.717) is 0 Å². The van der Waals surface area contributed by atoms with Gasteiger partial charge in [0.2, 0.25) is 0 Å². The Morgan fingerprint density at radius 2 is 1.35 bits per heavy atom. The highest BCUT2D eigenvalue weighted by Crippen LogP contribution is 2.28. The summed E-state index contributed by atoms with van der Waals surface area (Å²) in [5, 5.41) is 1.73. The molecule has 0 heterocycles. The van der Waals surface area contributed by atoms with E-state index in [4.69, 9.17) is 0 Å². The summed E-state index contributed by atoms with van der Waals surface area (Å²) in [6.07, 6.45) is 22.2. The fourth-order valence-electron chi connectivity index (χ4n) is 4.85. The molecule has 148 valence electrons. The van der Waals surface area contributed by atoms with Gasteiger partial charge in [0.25, 0.3) is 0 Å². The molecule has 0 aromatic heterocycles. The Kier molecular flexibility index (Phi) is 12.1. The Balaban J connectivity index is 1.63. The summed E-state index contributed by atoms with van der Waals surface area (Å²) in [5.74, 6) is 1.08. The van der Waals surface area contributed by atoms with E-state index in [-0.39, 0.29) is 0 Å². The minimum Gasteiger partial charge on any atom is -0.0654 e. The van der Waals surface area contributed by atoms with Crippen LogP contribution in [0.5, 0.6) is 0 Å². The highest BCUT2D eigenvalue weighted by molar-refractivity contribution is 6.73. The van der Waals surface area contributed by atoms with Crippen molar-refractivity contribution >= 4 is 14.0 Å². The Morgan fingerprint density at radius 1 is 0.731 bits per heavy atom. The maximum atomic E-state index is 2.43. The van der Waals surface area contributed by atoms with Crippen molar-refractivity contribution in [2.75, 3.05) is 0 Å². The van der Waals surface area contributed by atoms with Crippen molar-refractivity contribution in [3.05, 3.63) is 30.3 Å². The molecule has 1 atom stereocenters. The average Bonchev–Trinajstić information content (AvgIpc) is 2.70. The zero-order chi connectivity index (χ0) is 18.3. The van der Waals surface area contributed by atoms with Crippen LogP contribution in [0.3, 0.4) is 0 Å². The van der Waals surface area contributed by atoms with Crippen molar-refractivity contribution in [3.63, 3.8) is 0 Å². The van der Waals surface area contributed by atoms with Crippen LogP contribution in [0.25, 0.3) is 0 Å². The largest absolute Gasteiger partial charge is 0.0708 e. The van der Waals surface area contributed by atoms with Crippen molar-refractivity contribution in [1.82, 2.24) is 0 Å². The lowest BCUT2D eigenvalue weighted by molar-refractivity contribution is 0.329. The van der Waals surface area contributed by atoms with E-state index < -0.39 is 8.80 Å². The second-order valence-electron chi connectivity index (χ2n) is 8.81. The summed E-state index contributed by atoms with van der Waals surface area (Å²) in [6.45, 7) is 2.31. The third kappa shape index (κ3) is 9.40. The molecule has 0 N–H and O–H groups in total. The summed E-state index contributed by atoms with van der Waals surface area (Å²) >= 11 is 0. The van der Waals surface area contributed by atoms with Crippen molar-refractivity contribution in [2.24, 2.45) is 5.92 Å². The van der Waals surface area contributed by atoms with Gasteiger partial charge < -0.3 is 0 Å². The first kappa shape index (κ1) is 21.7. The Hall–Kier alpha value is -0.563. The van der Waals surface area contributed by atoms with Crippen molar-refractivity contribution < 1.29 is 0 Å². The second-order valence-corrected chi connectivity index (χ2v) is 12.0. The monoisotopic (exact) mass is 372 g/mol. The van der Waals surface area contributed by atoms with Gasteiger partial charge in [0, 0.05) is 0 Å². The van der Waals surface area contributed by atoms with E-state index in [9.17, 15) is 0 Å². The first-order valence-corrected chi connectivity index (χ1v) is 14.2. The molecule has 0 nitrogen and oxygen atoms in total. The van der Waals surface area contributed by atoms with Gasteiger partial charge in [-0.1, -0.05) is 151 Å². The Labute approximate surface area is 165 Å². The van der Waals surface area contributed by atoms with Crippen LogP contribution in [-0.4, -0.2) is 8.80 Å². The minimum atomic E-state index is -0.728. The molecule has 1 aliphatic carbocycles. The van der Waals surface area contributed by atoms with Crippen LogP contribution in [-0.2, 0) is 0 Å². The summed E-state index contributed by atoms with van der Waals surface area (Å²) in [5.41, 5.74) is 0. The summed E-state index contributed by atoms with van der Waals surface area (Å²) in [6, 6.07) is 14.7. The summed E-state index contributed by atoms with van der Waals surface area (Å²) in [4.78, 5) is 0. The van der Waals surface area contributed by atoms with Gasteiger partial charge in [0.05, 0.1) is 8.80 Å². The number of rotatable bonds is 14. The van der Waals surface area contributed by atoms with E-state index in [1.807, 2.05) is 0 Å². The van der Waals surface area contributed by atoms with Crippen molar-refractivity contribution in [1.29, 1.82) is 0 Å². The number of unbranched alkanes of at least 4 members (excludes halogenated alkanes) is 7. The lowest BCUT2D eigenvalue weighted by atomic mass is 9.86. The standard InChI is InChI=1S/C25H44Si/c1-2-3-4-5-6-15-22-26(25-20-13-8-14-21-25)23-16-9-12-19-24-17-10-7-11-18-24/h8,13-14,20-21,24,26H,2-7,9-12,15-19,22-23H2,1H3. The van der Waals surface area contributed by atoms with Gasteiger partial charge in [-0.25, -0.2) is 0 Å². The molecule has 1 saturated carbocycles. The molecule has 1 aromatic rings. The molecule has 1 aliphatic rings. The molecule has 0 radical (unpaired) electrons. The molecule has 0 bridgehead atoms. The topological polar surface area (TPSA) is 0 Å². The molecule has 1 unspecified atom stereocenters. The van der Waals surface area contributed by atoms with Crippen molar-refractivity contribution in [3.8, 4) is 0 Å². The molecule has 2 rings (SSSR count). The molecular formula is C25H44Si. The zero-order valence-electron chi connectivity index (χ0n) is 17.6. The number of hydrogen-bond donors (Lipinski definition) is 0. The Morgan fingerprint density at radius 3 is 2.04 bits per heavy atom. The normalized spacial score (nSPS) is 16.7. The van der Waals surface area contributed by atoms with Crippen LogP contribution in [0.2, 0.25) is 12.1 Å². The predicted octanol–water partition coefficient (Wildman–Crippen LogP) is 7.62. The van der Waals surface area contributed by atoms with Gasteiger partial charge >= 0.3 is 0 Å². The summed E-state index contributed by atoms with van der Waals surface area (Å²) in [7, 11) is -0.728. The fourth-order valence-corrected chi connectivity index (χ4v) is 8.14. The highest BCUT2D eigenvalue weighted by Gasteiger charge is 2.14. The number of hydrogen-bond acceptors (Lipinski definition) is 0. The quantitative estimate of drug-likeness (QED) is 0.233.